The SMILES string of the molecule is C1=CC2C=CC1C2.C1=CC2C=CC1C2.[Cl][Pt+].[Cl][Pt+].[c-]1ccc2c3cc[c-]cc3n(-c3ccccc3)c2c1. The zero-order valence-corrected chi connectivity index (χ0v) is 26.1. The number of para-hydroxylation sites is 1. The Kier molecular flexibility index (Phi) is 11.1. The number of benzene rings is 3. The Balaban J connectivity index is 0.000000145. The quantitative estimate of drug-likeness (QED) is 0.133. The molecule has 0 N–H and O–H groups in total. The molecule has 0 radical (unpaired) electrons. The molecule has 37 heavy (non-hydrogen) atoms. The zero-order chi connectivity index (χ0) is 26.0. The second-order valence-electron chi connectivity index (χ2n) is 9.22. The molecule has 0 saturated heterocycles. The van der Waals surface area contributed by atoms with Gasteiger partial charge in [-0.2, -0.15) is 48.5 Å². The van der Waals surface area contributed by atoms with E-state index in [0.29, 0.717) is 0 Å². The molecule has 0 unspecified atom stereocenters. The summed E-state index contributed by atoms with van der Waals surface area (Å²) in [6, 6.07) is 29.0. The first-order valence-corrected chi connectivity index (χ1v) is 17.8. The Labute approximate surface area is 250 Å². The molecule has 0 saturated carbocycles. The normalized spacial score (nSPS) is 22.5. The number of aromatic nitrogens is 1. The van der Waals surface area contributed by atoms with Gasteiger partial charge in [0.1, 0.15) is 0 Å². The molecule has 1 heterocycles. The minimum absolute atomic E-state index is 0.810. The summed E-state index contributed by atoms with van der Waals surface area (Å²) in [6.07, 6.45) is 21.1. The summed E-state index contributed by atoms with van der Waals surface area (Å²) in [5, 5.41) is 2.51. The van der Waals surface area contributed by atoms with Crippen LogP contribution in [-0.4, -0.2) is 4.57 Å². The minimum Gasteiger partial charge on any atom is -0.419 e. The number of rotatable bonds is 1. The van der Waals surface area contributed by atoms with E-state index in [4.69, 9.17) is 0 Å². The van der Waals surface area contributed by atoms with Crippen molar-refractivity contribution < 1.29 is 37.5 Å². The van der Waals surface area contributed by atoms with Crippen LogP contribution in [0.25, 0.3) is 27.5 Å². The van der Waals surface area contributed by atoms with E-state index in [1.807, 2.05) is 30.3 Å². The van der Waals surface area contributed by atoms with Crippen LogP contribution in [0.15, 0.2) is 115 Å². The first kappa shape index (κ1) is 28.4. The van der Waals surface area contributed by atoms with E-state index in [0.717, 1.165) is 23.7 Å². The molecule has 4 aromatic rings. The van der Waals surface area contributed by atoms with Gasteiger partial charge >= 0.3 is 56.4 Å². The number of hydrogen-bond donors (Lipinski definition) is 0. The van der Waals surface area contributed by atoms with Gasteiger partial charge in [-0.1, -0.05) is 77.8 Å². The molecule has 0 atom stereocenters. The number of allylic oxidation sites excluding steroid dienone is 8. The van der Waals surface area contributed by atoms with Crippen molar-refractivity contribution in [2.24, 2.45) is 23.7 Å². The van der Waals surface area contributed by atoms with Crippen LogP contribution in [0.5, 0.6) is 0 Å². The van der Waals surface area contributed by atoms with Crippen LogP contribution in [0.1, 0.15) is 12.8 Å². The summed E-state index contributed by atoms with van der Waals surface area (Å²) >= 11 is 3.22. The van der Waals surface area contributed by atoms with Crippen LogP contribution in [0.3, 0.4) is 0 Å². The average Bonchev–Trinajstić information content (AvgIpc) is 3.84. The fourth-order valence-electron chi connectivity index (χ4n) is 5.31. The molecule has 0 fully saturated rings. The molecule has 194 valence electrons. The van der Waals surface area contributed by atoms with E-state index in [2.05, 4.69) is 121 Å². The molecule has 3 aromatic carbocycles. The third kappa shape index (κ3) is 6.88. The Bertz CT molecular complexity index is 1260. The smallest absolute Gasteiger partial charge is 0.0233 e. The van der Waals surface area contributed by atoms with Crippen molar-refractivity contribution in [2.75, 3.05) is 0 Å². The van der Waals surface area contributed by atoms with Crippen molar-refractivity contribution in [3.63, 3.8) is 0 Å². The standard InChI is InChI=1S/C18H11N.2C7H8.2ClH.2Pt/c1-2-8-14(9-3-1)19-17-12-6-4-10-15(17)16-11-5-7-13-18(16)19;2*1-2-7-4-3-6(1)5-7;;;;/h1-5,8-13H;2*1-4,6-7H,5H2;2*1H;;/q-2;;;;;2*+2/p-2. The van der Waals surface area contributed by atoms with Crippen molar-refractivity contribution in [3.8, 4) is 5.69 Å². The number of hydrogen-bond acceptors (Lipinski definition) is 0. The van der Waals surface area contributed by atoms with Crippen molar-refractivity contribution >= 4 is 40.6 Å². The van der Waals surface area contributed by atoms with Gasteiger partial charge in [0.05, 0.1) is 0 Å². The summed E-state index contributed by atoms with van der Waals surface area (Å²) in [7, 11) is 9.22. The summed E-state index contributed by atoms with van der Waals surface area (Å²) in [5.74, 6) is 3.24. The van der Waals surface area contributed by atoms with Crippen LogP contribution in [0.2, 0.25) is 0 Å². The van der Waals surface area contributed by atoms with E-state index in [1.165, 1.54) is 40.3 Å². The molecule has 4 aliphatic rings. The van der Waals surface area contributed by atoms with E-state index >= 15 is 0 Å². The summed E-state index contributed by atoms with van der Waals surface area (Å²) in [6.45, 7) is 0. The van der Waals surface area contributed by atoms with E-state index < -0.39 is 0 Å². The molecule has 4 bridgehead atoms. The maximum atomic E-state index is 4.61. The largest absolute Gasteiger partial charge is 0.419 e. The molecular formula is C32H27Cl2NPt2. The molecule has 0 aliphatic heterocycles. The molecule has 0 amide bonds. The molecule has 4 aliphatic carbocycles. The van der Waals surface area contributed by atoms with Crippen molar-refractivity contribution in [1.29, 1.82) is 0 Å². The fourth-order valence-corrected chi connectivity index (χ4v) is 5.31. The maximum Gasteiger partial charge on any atom is 0.0233 e. The van der Waals surface area contributed by atoms with Crippen LogP contribution >= 0.6 is 18.8 Å². The van der Waals surface area contributed by atoms with Gasteiger partial charge in [0.25, 0.3) is 0 Å². The van der Waals surface area contributed by atoms with Gasteiger partial charge in [0, 0.05) is 5.69 Å². The first-order chi connectivity index (χ1) is 18.3. The van der Waals surface area contributed by atoms with E-state index in [1.54, 1.807) is 37.5 Å². The minimum atomic E-state index is 0.810. The van der Waals surface area contributed by atoms with Gasteiger partial charge in [-0.15, -0.1) is 10.8 Å². The van der Waals surface area contributed by atoms with Crippen molar-refractivity contribution in [1.82, 2.24) is 4.57 Å². The average molecular weight is 887 g/mol. The Morgan fingerprint density at radius 1 is 0.568 bits per heavy atom. The second-order valence-corrected chi connectivity index (χ2v) is 9.22. The first-order valence-electron chi connectivity index (χ1n) is 12.2. The van der Waals surface area contributed by atoms with Crippen LogP contribution in [0, 0.1) is 35.8 Å². The summed E-state index contributed by atoms with van der Waals surface area (Å²) in [4.78, 5) is 0. The monoisotopic (exact) mass is 885 g/mol. The summed E-state index contributed by atoms with van der Waals surface area (Å²) in [5.41, 5.74) is 3.54. The molecule has 1 nitrogen and oxygen atoms in total. The third-order valence-corrected chi connectivity index (χ3v) is 6.98. The number of fused-ring (bicyclic) bond motifs is 7. The third-order valence-electron chi connectivity index (χ3n) is 6.98. The maximum absolute atomic E-state index is 4.61. The predicted octanol–water partition coefficient (Wildman–Crippen LogP) is 9.26. The number of nitrogens with zero attached hydrogens (tertiary/aromatic N) is 1. The number of halogens is 2. The van der Waals surface area contributed by atoms with Crippen LogP contribution < -0.4 is 0 Å². The van der Waals surface area contributed by atoms with Crippen molar-refractivity contribution in [2.45, 2.75) is 12.8 Å². The van der Waals surface area contributed by atoms with E-state index in [-0.39, 0.29) is 0 Å². The van der Waals surface area contributed by atoms with Crippen LogP contribution in [0.4, 0.5) is 0 Å². The van der Waals surface area contributed by atoms with Gasteiger partial charge in [0.15, 0.2) is 0 Å². The van der Waals surface area contributed by atoms with Gasteiger partial charge in [-0.3, -0.25) is 0 Å². The van der Waals surface area contributed by atoms with Crippen molar-refractivity contribution in [3.05, 3.63) is 127 Å². The molecule has 0 spiro atoms. The van der Waals surface area contributed by atoms with Gasteiger partial charge in [-0.25, -0.2) is 0 Å². The fraction of sp³-hybridized carbons (Fsp3) is 0.188. The second kappa shape index (κ2) is 14.5. The Hall–Kier alpha value is -1.62. The van der Waals surface area contributed by atoms with Gasteiger partial charge in [0.2, 0.25) is 0 Å². The van der Waals surface area contributed by atoms with Crippen LogP contribution in [-0.2, 0) is 37.5 Å². The molecule has 8 rings (SSSR count). The topological polar surface area (TPSA) is 4.93 Å². The zero-order valence-electron chi connectivity index (χ0n) is 20.0. The molecule has 5 heteroatoms. The summed E-state index contributed by atoms with van der Waals surface area (Å²) < 4.78 is 2.26. The predicted molar refractivity (Wildman–Crippen MR) is 150 cm³/mol. The Morgan fingerprint density at radius 3 is 1.27 bits per heavy atom. The van der Waals surface area contributed by atoms with E-state index in [9.17, 15) is 0 Å². The van der Waals surface area contributed by atoms with Gasteiger partial charge in [-0.05, 0) is 48.6 Å². The molecule has 1 aromatic heterocycles. The molecular weight excluding hydrogens is 859 g/mol. The Morgan fingerprint density at radius 2 is 0.946 bits per heavy atom. The van der Waals surface area contributed by atoms with Gasteiger partial charge < -0.3 is 4.57 Å².